The number of ether oxygens (including phenoxy) is 4. The molecule has 1 rings (SSSR count). The van der Waals surface area contributed by atoms with Crippen LogP contribution in [0.2, 0.25) is 0 Å². The third-order valence-corrected chi connectivity index (χ3v) is 2.71. The molecule has 0 unspecified atom stereocenters. The topological polar surface area (TPSA) is 61.6 Å². The summed E-state index contributed by atoms with van der Waals surface area (Å²) in [5.41, 5.74) is 0. The normalized spacial score (nSPS) is 20.4. The van der Waals surface area contributed by atoms with Crippen LogP contribution in [0.1, 0.15) is 0 Å². The Balaban J connectivity index is 2.36. The van der Waals surface area contributed by atoms with Crippen LogP contribution in [-0.2, 0) is 23.7 Å². The molecule has 0 aliphatic carbocycles. The van der Waals surface area contributed by atoms with Crippen molar-refractivity contribution >= 4 is 5.91 Å². The Hall–Kier alpha value is -1.20. The molecule has 0 aromatic rings. The van der Waals surface area contributed by atoms with Gasteiger partial charge in [-0.15, -0.1) is 0 Å². The van der Waals surface area contributed by atoms with Gasteiger partial charge in [-0.2, -0.15) is 0 Å². The highest BCUT2D eigenvalue weighted by Crippen LogP contribution is 1.94. The molecule has 0 aromatic heterocycles. The standard InChI is InChI=1S/C13H23N2O5/c1-14-12-13(16)15-2-4-17-6-8-19-10-11-20-9-7-18-5-3-15/h1H,2-12H2/q+1. The molecule has 0 radical (unpaired) electrons. The molecule has 1 aliphatic heterocycles. The van der Waals surface area contributed by atoms with E-state index in [1.54, 1.807) is 4.90 Å². The zero-order valence-corrected chi connectivity index (χ0v) is 11.8. The lowest BCUT2D eigenvalue weighted by molar-refractivity contribution is -0.130. The predicted molar refractivity (Wildman–Crippen MR) is 73.0 cm³/mol. The molecule has 0 atom stereocenters. The van der Waals surface area contributed by atoms with Crippen LogP contribution in [0.25, 0.3) is 4.85 Å². The lowest BCUT2D eigenvalue weighted by Gasteiger charge is -2.20. The number of hydrogen-bond acceptors (Lipinski definition) is 5. The van der Waals surface area contributed by atoms with Gasteiger partial charge in [0.25, 0.3) is 6.57 Å². The van der Waals surface area contributed by atoms with E-state index in [0.29, 0.717) is 65.9 Å². The summed E-state index contributed by atoms with van der Waals surface area (Å²) < 4.78 is 21.5. The molecule has 7 nitrogen and oxygen atoms in total. The maximum atomic E-state index is 11.8. The molecule has 1 aliphatic rings. The smallest absolute Gasteiger partial charge is 0.339 e. The summed E-state index contributed by atoms with van der Waals surface area (Å²) >= 11 is 0. The molecule has 0 saturated carbocycles. The van der Waals surface area contributed by atoms with E-state index >= 15 is 0 Å². The molecular formula is C13H23N2O5+. The van der Waals surface area contributed by atoms with Crippen LogP contribution < -0.4 is 0 Å². The highest BCUT2D eigenvalue weighted by Gasteiger charge is 2.17. The lowest BCUT2D eigenvalue weighted by Crippen LogP contribution is -2.38. The number of amides is 1. The summed E-state index contributed by atoms with van der Waals surface area (Å²) in [6, 6.07) is 0. The van der Waals surface area contributed by atoms with Crippen LogP contribution >= 0.6 is 0 Å². The van der Waals surface area contributed by atoms with Crippen molar-refractivity contribution in [1.82, 2.24) is 4.90 Å². The van der Waals surface area contributed by atoms with Crippen molar-refractivity contribution in [1.29, 1.82) is 0 Å². The first-order chi connectivity index (χ1) is 9.84. The highest BCUT2D eigenvalue weighted by molar-refractivity contribution is 5.79. The zero-order chi connectivity index (χ0) is 14.5. The van der Waals surface area contributed by atoms with Gasteiger partial charge in [-0.3, -0.25) is 4.79 Å². The summed E-state index contributed by atoms with van der Waals surface area (Å²) in [6.07, 6.45) is 0. The molecule has 0 bridgehead atoms. The van der Waals surface area contributed by atoms with Crippen LogP contribution in [-0.4, -0.2) is 83.3 Å². The maximum Gasteiger partial charge on any atom is 0.339 e. The van der Waals surface area contributed by atoms with Crippen molar-refractivity contribution in [2.24, 2.45) is 0 Å². The SMILES string of the molecule is C#[N+]CC(=O)N1CCOCCOCCOCCOCC1. The van der Waals surface area contributed by atoms with E-state index in [-0.39, 0.29) is 12.5 Å². The van der Waals surface area contributed by atoms with Crippen LogP contribution in [0.4, 0.5) is 0 Å². The lowest BCUT2D eigenvalue weighted by atomic mass is 10.4. The molecule has 1 amide bonds. The Morgan fingerprint density at radius 1 is 0.850 bits per heavy atom. The fourth-order valence-electron chi connectivity index (χ4n) is 1.65. The predicted octanol–water partition coefficient (Wildman–Crippen LogP) is -0.142. The molecule has 1 saturated heterocycles. The van der Waals surface area contributed by atoms with Gasteiger partial charge >= 0.3 is 12.5 Å². The Morgan fingerprint density at radius 2 is 1.25 bits per heavy atom. The minimum atomic E-state index is -0.128. The average molecular weight is 287 g/mol. The third kappa shape index (κ3) is 8.07. The Labute approximate surface area is 119 Å². The number of rotatable bonds is 1. The van der Waals surface area contributed by atoms with Crippen molar-refractivity contribution in [3.63, 3.8) is 0 Å². The monoisotopic (exact) mass is 287 g/mol. The zero-order valence-electron chi connectivity index (χ0n) is 11.8. The molecule has 1 fully saturated rings. The summed E-state index contributed by atoms with van der Waals surface area (Å²) in [5.74, 6) is -0.128. The first-order valence-corrected chi connectivity index (χ1v) is 6.80. The van der Waals surface area contributed by atoms with Gasteiger partial charge < -0.3 is 23.8 Å². The van der Waals surface area contributed by atoms with E-state index in [1.165, 1.54) is 0 Å². The van der Waals surface area contributed by atoms with E-state index in [0.717, 1.165) is 0 Å². The van der Waals surface area contributed by atoms with E-state index in [2.05, 4.69) is 4.85 Å². The van der Waals surface area contributed by atoms with Gasteiger partial charge in [0.1, 0.15) is 0 Å². The first-order valence-electron chi connectivity index (χ1n) is 6.80. The average Bonchev–Trinajstić information content (AvgIpc) is 2.45. The van der Waals surface area contributed by atoms with Crippen molar-refractivity contribution < 1.29 is 23.7 Å². The maximum absolute atomic E-state index is 11.8. The van der Waals surface area contributed by atoms with Gasteiger partial charge in [0, 0.05) is 13.1 Å². The van der Waals surface area contributed by atoms with Gasteiger partial charge in [0.2, 0.25) is 0 Å². The van der Waals surface area contributed by atoms with Crippen molar-refractivity contribution in [2.45, 2.75) is 0 Å². The van der Waals surface area contributed by atoms with Gasteiger partial charge in [-0.05, 0) is 0 Å². The van der Waals surface area contributed by atoms with Crippen molar-refractivity contribution in [3.8, 4) is 6.57 Å². The van der Waals surface area contributed by atoms with Gasteiger partial charge in [-0.1, -0.05) is 4.85 Å². The molecule has 1 heterocycles. The highest BCUT2D eigenvalue weighted by atomic mass is 16.6. The number of carbonyl (C=O) groups excluding carboxylic acids is 1. The van der Waals surface area contributed by atoms with Crippen LogP contribution in [0.15, 0.2) is 0 Å². The quantitative estimate of drug-likeness (QED) is 0.671. The van der Waals surface area contributed by atoms with Crippen LogP contribution in [0.3, 0.4) is 0 Å². The summed E-state index contributed by atoms with van der Waals surface area (Å²) in [5, 5.41) is 0. The van der Waals surface area contributed by atoms with Crippen LogP contribution in [0, 0.1) is 6.57 Å². The molecule has 7 heteroatoms. The van der Waals surface area contributed by atoms with Crippen molar-refractivity contribution in [2.75, 3.05) is 72.5 Å². The Kier molecular flexibility index (Phi) is 9.79. The number of hydrogen-bond donors (Lipinski definition) is 0. The van der Waals surface area contributed by atoms with Gasteiger partial charge in [-0.25, -0.2) is 0 Å². The van der Waals surface area contributed by atoms with Crippen LogP contribution in [0.5, 0.6) is 0 Å². The molecule has 20 heavy (non-hydrogen) atoms. The molecule has 0 aromatic carbocycles. The minimum Gasteiger partial charge on any atom is -0.377 e. The summed E-state index contributed by atoms with van der Waals surface area (Å²) in [6.45, 7) is 10.1. The first kappa shape index (κ1) is 16.9. The second-order valence-electron chi connectivity index (χ2n) is 4.17. The molecule has 114 valence electrons. The fourth-order valence-corrected chi connectivity index (χ4v) is 1.65. The number of nitrogens with zero attached hydrogens (tertiary/aromatic N) is 2. The van der Waals surface area contributed by atoms with Gasteiger partial charge in [0.05, 0.1) is 52.9 Å². The number of carbonyl (C=O) groups is 1. The Morgan fingerprint density at radius 3 is 1.65 bits per heavy atom. The van der Waals surface area contributed by atoms with E-state index < -0.39 is 0 Å². The Bertz CT molecular complexity index is 290. The van der Waals surface area contributed by atoms with Crippen molar-refractivity contribution in [3.05, 3.63) is 4.85 Å². The fraction of sp³-hybridized carbons (Fsp3) is 0.846. The second kappa shape index (κ2) is 11.6. The minimum absolute atomic E-state index is 0.0216. The summed E-state index contributed by atoms with van der Waals surface area (Å²) in [4.78, 5) is 16.8. The summed E-state index contributed by atoms with van der Waals surface area (Å²) in [7, 11) is 0. The van der Waals surface area contributed by atoms with Gasteiger partial charge in [0.15, 0.2) is 0 Å². The molecule has 0 spiro atoms. The van der Waals surface area contributed by atoms with E-state index in [1.807, 2.05) is 0 Å². The van der Waals surface area contributed by atoms with E-state index in [9.17, 15) is 4.79 Å². The largest absolute Gasteiger partial charge is 0.377 e. The molecular weight excluding hydrogens is 264 g/mol. The van der Waals surface area contributed by atoms with E-state index in [4.69, 9.17) is 25.5 Å². The third-order valence-electron chi connectivity index (χ3n) is 2.71. The molecule has 0 N–H and O–H groups in total. The second-order valence-corrected chi connectivity index (χ2v) is 4.17.